The van der Waals surface area contributed by atoms with Crippen molar-refractivity contribution in [3.8, 4) is 11.5 Å². The Morgan fingerprint density at radius 1 is 1.07 bits per heavy atom. The molecule has 0 unspecified atom stereocenters. The van der Waals surface area contributed by atoms with Gasteiger partial charge < -0.3 is 10.1 Å². The van der Waals surface area contributed by atoms with Crippen LogP contribution in [0.3, 0.4) is 0 Å². The van der Waals surface area contributed by atoms with E-state index in [9.17, 15) is 9.59 Å². The van der Waals surface area contributed by atoms with Gasteiger partial charge in [-0.15, -0.1) is 0 Å². The molecule has 1 amide bonds. The molecule has 6 nitrogen and oxygen atoms in total. The highest BCUT2D eigenvalue weighted by atomic mass is 16.5. The summed E-state index contributed by atoms with van der Waals surface area (Å²) in [4.78, 5) is 28.5. The van der Waals surface area contributed by atoms with Crippen molar-refractivity contribution >= 4 is 28.5 Å². The van der Waals surface area contributed by atoms with Crippen LogP contribution in [0.5, 0.6) is 11.5 Å². The van der Waals surface area contributed by atoms with E-state index in [0.29, 0.717) is 29.7 Å². The lowest BCUT2D eigenvalue weighted by atomic mass is 10.2. The van der Waals surface area contributed by atoms with Crippen molar-refractivity contribution in [2.75, 3.05) is 5.32 Å². The van der Waals surface area contributed by atoms with Gasteiger partial charge in [-0.2, -0.15) is 0 Å². The first-order chi connectivity index (χ1) is 13.7. The van der Waals surface area contributed by atoms with E-state index in [1.807, 2.05) is 30.5 Å². The van der Waals surface area contributed by atoms with Crippen molar-refractivity contribution < 1.29 is 14.3 Å². The molecule has 28 heavy (non-hydrogen) atoms. The summed E-state index contributed by atoms with van der Waals surface area (Å²) in [6, 6.07) is 11.1. The lowest BCUT2D eigenvalue weighted by Crippen LogP contribution is -2.14. The Balaban J connectivity index is 1.32. The molecule has 0 atom stereocenters. The second-order valence-corrected chi connectivity index (χ2v) is 7.69. The first-order valence-corrected chi connectivity index (χ1v) is 9.75. The number of hydrogen-bond donors (Lipinski definition) is 1. The average Bonchev–Trinajstić information content (AvgIpc) is 3.60. The Hall–Kier alpha value is -3.15. The minimum Gasteiger partial charge on any atom is -0.457 e. The molecule has 2 saturated carbocycles. The zero-order chi connectivity index (χ0) is 19.1. The quantitative estimate of drug-likeness (QED) is 0.682. The summed E-state index contributed by atoms with van der Waals surface area (Å²) < 4.78 is 7.68. The van der Waals surface area contributed by atoms with Gasteiger partial charge in [0.1, 0.15) is 17.3 Å². The Morgan fingerprint density at radius 3 is 2.68 bits per heavy atom. The number of pyridine rings is 1. The number of carbonyl (C=O) groups excluding carboxylic acids is 2. The summed E-state index contributed by atoms with van der Waals surface area (Å²) in [5, 5.41) is 3.78. The third-order valence-electron chi connectivity index (χ3n) is 5.26. The number of fused-ring (bicyclic) bond motifs is 1. The summed E-state index contributed by atoms with van der Waals surface area (Å²) in [5.74, 6) is 2.62. The lowest BCUT2D eigenvalue weighted by molar-refractivity contribution is -0.117. The third kappa shape index (κ3) is 3.63. The molecule has 1 N–H and O–H groups in total. The number of rotatable bonds is 6. The fourth-order valence-electron chi connectivity index (χ4n) is 3.32. The third-order valence-corrected chi connectivity index (χ3v) is 5.26. The number of aromatic nitrogens is 2. The van der Waals surface area contributed by atoms with E-state index >= 15 is 0 Å². The van der Waals surface area contributed by atoms with Crippen LogP contribution in [0.4, 0.5) is 5.82 Å². The monoisotopic (exact) mass is 375 g/mol. The molecule has 0 aliphatic heterocycles. The minimum absolute atomic E-state index is 0.0169. The Bertz CT molecular complexity index is 1060. The topological polar surface area (TPSA) is 73.2 Å². The second-order valence-electron chi connectivity index (χ2n) is 7.69. The van der Waals surface area contributed by atoms with Crippen LogP contribution >= 0.6 is 0 Å². The molecular weight excluding hydrogens is 354 g/mol. The molecule has 3 aromatic rings. The van der Waals surface area contributed by atoms with Gasteiger partial charge in [0.2, 0.25) is 11.8 Å². The van der Waals surface area contributed by atoms with E-state index in [-0.39, 0.29) is 17.7 Å². The van der Waals surface area contributed by atoms with Crippen LogP contribution in [0.25, 0.3) is 10.9 Å². The number of carbonyl (C=O) groups is 2. The van der Waals surface area contributed by atoms with Crippen LogP contribution in [0.15, 0.2) is 48.8 Å². The Morgan fingerprint density at radius 2 is 1.89 bits per heavy atom. The minimum atomic E-state index is 0.0169. The van der Waals surface area contributed by atoms with Crippen LogP contribution in [0, 0.1) is 11.8 Å². The van der Waals surface area contributed by atoms with Crippen molar-refractivity contribution in [2.24, 2.45) is 11.8 Å². The van der Waals surface area contributed by atoms with Crippen molar-refractivity contribution in [1.29, 1.82) is 0 Å². The summed E-state index contributed by atoms with van der Waals surface area (Å²) in [6.07, 6.45) is 8.29. The zero-order valence-electron chi connectivity index (χ0n) is 15.4. The van der Waals surface area contributed by atoms with Gasteiger partial charge in [-0.1, -0.05) is 0 Å². The molecule has 142 valence electrons. The van der Waals surface area contributed by atoms with Crippen LogP contribution < -0.4 is 10.1 Å². The Kier molecular flexibility index (Phi) is 4.11. The van der Waals surface area contributed by atoms with Gasteiger partial charge in [-0.3, -0.25) is 14.2 Å². The Labute approximate surface area is 162 Å². The fourth-order valence-corrected chi connectivity index (χ4v) is 3.32. The number of nitrogens with zero attached hydrogens (tertiary/aromatic N) is 2. The largest absolute Gasteiger partial charge is 0.457 e. The number of ether oxygens (including phenoxy) is 1. The highest BCUT2D eigenvalue weighted by Gasteiger charge is 2.29. The lowest BCUT2D eigenvalue weighted by Gasteiger charge is -2.09. The second kappa shape index (κ2) is 6.78. The van der Waals surface area contributed by atoms with Crippen LogP contribution in [0.1, 0.15) is 36.9 Å². The van der Waals surface area contributed by atoms with E-state index in [1.54, 1.807) is 22.9 Å². The molecule has 5 rings (SSSR count). The summed E-state index contributed by atoms with van der Waals surface area (Å²) in [5.41, 5.74) is 0.894. The summed E-state index contributed by atoms with van der Waals surface area (Å²) in [6.45, 7) is 0. The van der Waals surface area contributed by atoms with E-state index < -0.39 is 0 Å². The maximum Gasteiger partial charge on any atom is 0.231 e. The number of amides is 1. The van der Waals surface area contributed by atoms with Crippen LogP contribution in [-0.2, 0) is 4.79 Å². The van der Waals surface area contributed by atoms with Crippen molar-refractivity contribution in [1.82, 2.24) is 9.55 Å². The van der Waals surface area contributed by atoms with Crippen LogP contribution in [0.2, 0.25) is 0 Å². The molecule has 2 aromatic heterocycles. The van der Waals surface area contributed by atoms with Gasteiger partial charge in [0.05, 0.1) is 5.52 Å². The molecule has 0 spiro atoms. The van der Waals surface area contributed by atoms with E-state index in [2.05, 4.69) is 10.3 Å². The highest BCUT2D eigenvalue weighted by Crippen LogP contribution is 2.34. The molecule has 2 fully saturated rings. The van der Waals surface area contributed by atoms with Crippen molar-refractivity contribution in [3.63, 3.8) is 0 Å². The normalized spacial score (nSPS) is 16.1. The zero-order valence-corrected chi connectivity index (χ0v) is 15.4. The summed E-state index contributed by atoms with van der Waals surface area (Å²) >= 11 is 0. The van der Waals surface area contributed by atoms with Gasteiger partial charge in [0, 0.05) is 36.2 Å². The summed E-state index contributed by atoms with van der Waals surface area (Å²) in [7, 11) is 0. The number of hydrogen-bond acceptors (Lipinski definition) is 4. The van der Waals surface area contributed by atoms with Crippen LogP contribution in [-0.4, -0.2) is 21.4 Å². The molecule has 2 aliphatic rings. The molecule has 0 radical (unpaired) electrons. The predicted octanol–water partition coefficient (Wildman–Crippen LogP) is 4.62. The molecule has 0 saturated heterocycles. The maximum absolute atomic E-state index is 12.4. The molecular formula is C22H21N3O3. The predicted molar refractivity (Wildman–Crippen MR) is 106 cm³/mol. The SMILES string of the molecule is O=C(Nc1cc(Oc2ccc3c(ccn3C(=O)CC3CC3)c2)ccn1)C1CC1. The van der Waals surface area contributed by atoms with Gasteiger partial charge in [0.15, 0.2) is 0 Å². The number of anilines is 1. The fraction of sp³-hybridized carbons (Fsp3) is 0.318. The van der Waals surface area contributed by atoms with Gasteiger partial charge in [0.25, 0.3) is 0 Å². The van der Waals surface area contributed by atoms with E-state index in [1.165, 1.54) is 0 Å². The smallest absolute Gasteiger partial charge is 0.231 e. The molecule has 0 bridgehead atoms. The van der Waals surface area contributed by atoms with Gasteiger partial charge >= 0.3 is 0 Å². The van der Waals surface area contributed by atoms with Crippen molar-refractivity contribution in [2.45, 2.75) is 32.1 Å². The molecule has 2 aliphatic carbocycles. The number of benzene rings is 1. The number of nitrogens with one attached hydrogen (secondary N) is 1. The first kappa shape index (κ1) is 17.0. The van der Waals surface area contributed by atoms with Crippen molar-refractivity contribution in [3.05, 3.63) is 48.8 Å². The highest BCUT2D eigenvalue weighted by molar-refractivity contribution is 5.94. The average molecular weight is 375 g/mol. The molecule has 1 aromatic carbocycles. The maximum atomic E-state index is 12.4. The molecule has 2 heterocycles. The van der Waals surface area contributed by atoms with E-state index in [4.69, 9.17) is 4.74 Å². The first-order valence-electron chi connectivity index (χ1n) is 9.75. The van der Waals surface area contributed by atoms with Gasteiger partial charge in [-0.05, 0) is 61.9 Å². The standard InChI is InChI=1S/C22H21N3O3/c26-21(11-14-1-2-14)25-10-8-16-12-17(5-6-19(16)25)28-18-7-9-23-20(13-18)24-22(27)15-3-4-15/h5-10,12-15H,1-4,11H2,(H,23,24,27). The van der Waals surface area contributed by atoms with Gasteiger partial charge in [-0.25, -0.2) is 4.98 Å². The van der Waals surface area contributed by atoms with E-state index in [0.717, 1.165) is 36.6 Å². The molecule has 6 heteroatoms.